The molecule has 0 fully saturated rings. The first-order valence-electron chi connectivity index (χ1n) is 9.94. The van der Waals surface area contributed by atoms with Crippen molar-refractivity contribution in [2.45, 2.75) is 13.5 Å². The Labute approximate surface area is 178 Å². The highest BCUT2D eigenvalue weighted by atomic mass is 16.5. The Hall–Kier alpha value is -3.72. The van der Waals surface area contributed by atoms with Gasteiger partial charge in [-0.2, -0.15) is 10.2 Å². The van der Waals surface area contributed by atoms with Crippen molar-refractivity contribution in [3.8, 4) is 17.2 Å². The molecule has 9 heteroatoms. The van der Waals surface area contributed by atoms with Crippen LogP contribution in [0.1, 0.15) is 12.6 Å². The van der Waals surface area contributed by atoms with Crippen LogP contribution >= 0.6 is 0 Å². The summed E-state index contributed by atoms with van der Waals surface area (Å²) in [6, 6.07) is 8.78. The molecule has 0 saturated heterocycles. The molecule has 3 aromatic heterocycles. The number of hydrogen-bond acceptors (Lipinski definition) is 7. The summed E-state index contributed by atoms with van der Waals surface area (Å²) in [4.78, 5) is 16.6. The number of benzene rings is 1. The number of fused-ring (bicyclic) bond motifs is 1. The van der Waals surface area contributed by atoms with Crippen LogP contribution in [-0.2, 0) is 18.4 Å². The molecule has 0 aliphatic carbocycles. The third-order valence-electron chi connectivity index (χ3n) is 4.57. The van der Waals surface area contributed by atoms with Crippen LogP contribution in [-0.4, -0.2) is 44.4 Å². The van der Waals surface area contributed by atoms with Crippen molar-refractivity contribution < 1.29 is 14.2 Å². The van der Waals surface area contributed by atoms with E-state index in [1.165, 1.54) is 6.07 Å². The molecule has 31 heavy (non-hydrogen) atoms. The Balaban J connectivity index is 1.52. The molecule has 0 amide bonds. The SMILES string of the molecule is CCOCCOc1ccnc2ccc(OCc3nn(-c4cnn(C)c4)ccc3=O)cc12. The molecule has 4 rings (SSSR count). The molecule has 9 nitrogen and oxygen atoms in total. The van der Waals surface area contributed by atoms with Crippen LogP contribution in [0, 0.1) is 0 Å². The fourth-order valence-corrected chi connectivity index (χ4v) is 3.04. The van der Waals surface area contributed by atoms with E-state index in [2.05, 4.69) is 15.2 Å². The zero-order chi connectivity index (χ0) is 21.6. The van der Waals surface area contributed by atoms with Crippen LogP contribution in [0.5, 0.6) is 11.5 Å². The quantitative estimate of drug-likeness (QED) is 0.383. The van der Waals surface area contributed by atoms with Crippen LogP contribution in [0.2, 0.25) is 0 Å². The van der Waals surface area contributed by atoms with Crippen molar-refractivity contribution >= 4 is 10.9 Å². The lowest BCUT2D eigenvalue weighted by atomic mass is 10.2. The van der Waals surface area contributed by atoms with Gasteiger partial charge < -0.3 is 14.2 Å². The first-order chi connectivity index (χ1) is 15.1. The number of ether oxygens (including phenoxy) is 3. The summed E-state index contributed by atoms with van der Waals surface area (Å²) < 4.78 is 20.3. The summed E-state index contributed by atoms with van der Waals surface area (Å²) in [5.74, 6) is 1.29. The van der Waals surface area contributed by atoms with Crippen LogP contribution in [0.15, 0.2) is 59.9 Å². The molecule has 0 atom stereocenters. The summed E-state index contributed by atoms with van der Waals surface area (Å²) in [5.41, 5.74) is 1.65. The molecule has 0 unspecified atom stereocenters. The molecular weight excluding hydrogens is 398 g/mol. The predicted molar refractivity (Wildman–Crippen MR) is 115 cm³/mol. The molecule has 160 valence electrons. The third-order valence-corrected chi connectivity index (χ3v) is 4.57. The van der Waals surface area contributed by atoms with Gasteiger partial charge in [0.1, 0.15) is 36.1 Å². The van der Waals surface area contributed by atoms with Gasteiger partial charge in [-0.3, -0.25) is 14.5 Å². The normalized spacial score (nSPS) is 11.0. The lowest BCUT2D eigenvalue weighted by Crippen LogP contribution is -2.17. The lowest BCUT2D eigenvalue weighted by molar-refractivity contribution is 0.111. The van der Waals surface area contributed by atoms with Gasteiger partial charge in [0.15, 0.2) is 0 Å². The maximum atomic E-state index is 12.2. The van der Waals surface area contributed by atoms with E-state index in [4.69, 9.17) is 14.2 Å². The van der Waals surface area contributed by atoms with Gasteiger partial charge in [0.05, 0.1) is 24.5 Å². The fourth-order valence-electron chi connectivity index (χ4n) is 3.04. The Morgan fingerprint density at radius 1 is 1.10 bits per heavy atom. The molecule has 4 aromatic rings. The highest BCUT2D eigenvalue weighted by molar-refractivity contribution is 5.86. The first-order valence-corrected chi connectivity index (χ1v) is 9.94. The highest BCUT2D eigenvalue weighted by Gasteiger charge is 2.09. The molecule has 0 aliphatic rings. The van der Waals surface area contributed by atoms with E-state index in [0.717, 1.165) is 16.6 Å². The summed E-state index contributed by atoms with van der Waals surface area (Å²) in [6.45, 7) is 3.58. The molecule has 3 heterocycles. The zero-order valence-electron chi connectivity index (χ0n) is 17.4. The van der Waals surface area contributed by atoms with E-state index in [1.54, 1.807) is 28.0 Å². The van der Waals surface area contributed by atoms with E-state index >= 15 is 0 Å². The molecule has 0 radical (unpaired) electrons. The van der Waals surface area contributed by atoms with E-state index in [-0.39, 0.29) is 12.0 Å². The monoisotopic (exact) mass is 421 g/mol. The van der Waals surface area contributed by atoms with Gasteiger partial charge in [-0.15, -0.1) is 0 Å². The van der Waals surface area contributed by atoms with E-state index in [1.807, 2.05) is 44.4 Å². The maximum absolute atomic E-state index is 12.2. The van der Waals surface area contributed by atoms with Gasteiger partial charge in [0, 0.05) is 37.5 Å². The minimum Gasteiger partial charge on any atom is -0.490 e. The van der Waals surface area contributed by atoms with Gasteiger partial charge in [-0.1, -0.05) is 0 Å². The van der Waals surface area contributed by atoms with Gasteiger partial charge >= 0.3 is 0 Å². The van der Waals surface area contributed by atoms with Crippen LogP contribution in [0.25, 0.3) is 16.6 Å². The molecule has 0 spiro atoms. The summed E-state index contributed by atoms with van der Waals surface area (Å²) in [6.07, 6.45) is 6.79. The highest BCUT2D eigenvalue weighted by Crippen LogP contribution is 2.28. The first kappa shape index (κ1) is 20.5. The van der Waals surface area contributed by atoms with Gasteiger partial charge in [0.25, 0.3) is 0 Å². The standard InChI is InChI=1S/C22H23N5O4/c1-3-29-10-11-30-22-6-8-23-19-5-4-17(12-18(19)22)31-15-20-21(28)7-9-27(25-20)16-13-24-26(2)14-16/h4-9,12-14H,3,10-11,15H2,1-2H3. The van der Waals surface area contributed by atoms with E-state index < -0.39 is 0 Å². The summed E-state index contributed by atoms with van der Waals surface area (Å²) in [5, 5.41) is 9.34. The third kappa shape index (κ3) is 4.89. The smallest absolute Gasteiger partial charge is 0.206 e. The Morgan fingerprint density at radius 2 is 2.00 bits per heavy atom. The van der Waals surface area contributed by atoms with Gasteiger partial charge in [-0.05, 0) is 31.2 Å². The largest absolute Gasteiger partial charge is 0.490 e. The fraction of sp³-hybridized carbons (Fsp3) is 0.273. The topological polar surface area (TPSA) is 93.3 Å². The molecule has 1 aromatic carbocycles. The number of pyridine rings is 1. The Kier molecular flexibility index (Phi) is 6.23. The minimum atomic E-state index is -0.192. The van der Waals surface area contributed by atoms with E-state index in [0.29, 0.717) is 37.0 Å². The minimum absolute atomic E-state index is 0.0340. The van der Waals surface area contributed by atoms with Crippen LogP contribution in [0.4, 0.5) is 0 Å². The van der Waals surface area contributed by atoms with Gasteiger partial charge in [-0.25, -0.2) is 4.68 Å². The van der Waals surface area contributed by atoms with Crippen LogP contribution in [0.3, 0.4) is 0 Å². The average Bonchev–Trinajstić information content (AvgIpc) is 3.22. The van der Waals surface area contributed by atoms with Crippen molar-refractivity contribution in [3.63, 3.8) is 0 Å². The second kappa shape index (κ2) is 9.40. The van der Waals surface area contributed by atoms with Crippen molar-refractivity contribution in [2.75, 3.05) is 19.8 Å². The number of aromatic nitrogens is 5. The van der Waals surface area contributed by atoms with Crippen molar-refractivity contribution in [1.82, 2.24) is 24.5 Å². The second-order valence-electron chi connectivity index (χ2n) is 6.77. The average molecular weight is 421 g/mol. The molecule has 0 N–H and O–H groups in total. The van der Waals surface area contributed by atoms with Crippen molar-refractivity contribution in [3.05, 3.63) is 71.0 Å². The number of rotatable bonds is 9. The maximum Gasteiger partial charge on any atom is 0.206 e. The van der Waals surface area contributed by atoms with Gasteiger partial charge in [0.2, 0.25) is 5.43 Å². The summed E-state index contributed by atoms with van der Waals surface area (Å²) in [7, 11) is 1.82. The number of aryl methyl sites for hydroxylation is 1. The second-order valence-corrected chi connectivity index (χ2v) is 6.77. The van der Waals surface area contributed by atoms with Crippen LogP contribution < -0.4 is 14.9 Å². The molecule has 0 saturated carbocycles. The number of nitrogens with zero attached hydrogens (tertiary/aromatic N) is 5. The van der Waals surface area contributed by atoms with Crippen molar-refractivity contribution in [2.24, 2.45) is 7.05 Å². The summed E-state index contributed by atoms with van der Waals surface area (Å²) >= 11 is 0. The molecule has 0 bridgehead atoms. The molecular formula is C22H23N5O4. The number of hydrogen-bond donors (Lipinski definition) is 0. The molecule has 0 aliphatic heterocycles. The Morgan fingerprint density at radius 3 is 2.81 bits per heavy atom. The Bertz CT molecular complexity index is 1230. The van der Waals surface area contributed by atoms with Crippen molar-refractivity contribution in [1.29, 1.82) is 0 Å². The zero-order valence-corrected chi connectivity index (χ0v) is 17.4. The van der Waals surface area contributed by atoms with E-state index in [9.17, 15) is 4.79 Å². The predicted octanol–water partition coefficient (Wildman–Crippen LogP) is 2.51. The lowest BCUT2D eigenvalue weighted by Gasteiger charge is -2.11.